The van der Waals surface area contributed by atoms with Gasteiger partial charge in [-0.1, -0.05) is 346 Å². The summed E-state index contributed by atoms with van der Waals surface area (Å²) in [5.74, 6) is -0.136. The quantitative estimate of drug-likeness (QED) is 0.0261. The summed E-state index contributed by atoms with van der Waals surface area (Å²) in [7, 11) is 0. The number of ether oxygens (including phenoxy) is 2. The first-order chi connectivity index (χ1) is 40.3. The summed E-state index contributed by atoms with van der Waals surface area (Å²) in [6.07, 6.45) is 76.5. The first kappa shape index (κ1) is 78.4. The molecule has 7 atom stereocenters. The number of hydrogen-bond donors (Lipinski definition) is 6. The zero-order valence-corrected chi connectivity index (χ0v) is 54.3. The third-order valence-electron chi connectivity index (χ3n) is 17.5. The van der Waals surface area contributed by atoms with Crippen LogP contribution in [0.2, 0.25) is 0 Å². The highest BCUT2D eigenvalue weighted by molar-refractivity contribution is 5.76. The lowest BCUT2D eigenvalue weighted by Crippen LogP contribution is -2.60. The SMILES string of the molecule is CCCCCCC/C=C\C/C=C\C/C=C\CCCCCCCCCCCCCCCCCCCCCCCCCCC(=O)NC(COC1OC(CO)C(O)C(O)C1O)C(O)CCCCCCCCCCCCCCCCCCCCCC. The van der Waals surface area contributed by atoms with Crippen molar-refractivity contribution in [3.8, 4) is 0 Å². The van der Waals surface area contributed by atoms with E-state index in [0.717, 1.165) is 51.4 Å². The van der Waals surface area contributed by atoms with Crippen LogP contribution < -0.4 is 5.32 Å². The van der Waals surface area contributed by atoms with Crippen molar-refractivity contribution in [2.45, 2.75) is 410 Å². The van der Waals surface area contributed by atoms with Gasteiger partial charge in [-0.25, -0.2) is 0 Å². The number of carbonyl (C=O) groups excluding carboxylic acids is 1. The summed E-state index contributed by atoms with van der Waals surface area (Å²) in [6.45, 7) is 3.88. The second-order valence-electron chi connectivity index (χ2n) is 25.4. The van der Waals surface area contributed by atoms with Crippen molar-refractivity contribution in [1.29, 1.82) is 0 Å². The van der Waals surface area contributed by atoms with Crippen LogP contribution >= 0.6 is 0 Å². The Morgan fingerprint density at radius 1 is 0.415 bits per heavy atom. The lowest BCUT2D eigenvalue weighted by Gasteiger charge is -2.40. The maximum absolute atomic E-state index is 13.1. The monoisotopic (exact) mass is 1160 g/mol. The van der Waals surface area contributed by atoms with Crippen molar-refractivity contribution in [2.75, 3.05) is 13.2 Å². The molecule has 82 heavy (non-hydrogen) atoms. The number of unbranched alkanes of at least 4 members (excludes halogenated alkanes) is 48. The molecular weight excluding hydrogens is 1020 g/mol. The Labute approximate surface area is 508 Å². The Bertz CT molecular complexity index is 1390. The molecule has 9 nitrogen and oxygen atoms in total. The molecule has 484 valence electrons. The topological polar surface area (TPSA) is 149 Å². The van der Waals surface area contributed by atoms with Crippen molar-refractivity contribution in [2.24, 2.45) is 0 Å². The first-order valence-electron chi connectivity index (χ1n) is 36.2. The van der Waals surface area contributed by atoms with E-state index in [4.69, 9.17) is 9.47 Å². The number of allylic oxidation sites excluding steroid dienone is 6. The molecule has 1 rings (SSSR count). The van der Waals surface area contributed by atoms with Gasteiger partial charge in [-0.15, -0.1) is 0 Å². The van der Waals surface area contributed by atoms with Crippen LogP contribution in [0.1, 0.15) is 367 Å². The molecule has 1 heterocycles. The van der Waals surface area contributed by atoms with Crippen LogP contribution in [0.15, 0.2) is 36.5 Å². The third-order valence-corrected chi connectivity index (χ3v) is 17.5. The lowest BCUT2D eigenvalue weighted by molar-refractivity contribution is -0.302. The minimum Gasteiger partial charge on any atom is -0.394 e. The number of nitrogens with one attached hydrogen (secondary N) is 1. The molecular formula is C73H139NO8. The summed E-state index contributed by atoms with van der Waals surface area (Å²) in [6, 6.07) is -0.718. The Balaban J connectivity index is 2.04. The molecule has 9 heteroatoms. The standard InChI is InChI=1S/C73H139NO8/c1-3-5-7-9-11-13-15-17-19-21-23-25-26-27-28-29-30-31-32-33-34-35-36-37-38-39-40-41-42-43-45-47-49-51-53-55-57-59-61-63-69(77)74-66(65-81-73-72(80)71(79)70(78)68(64-75)82-73)67(76)62-60-58-56-54-52-50-48-46-44-24-22-20-18-16-14-12-10-8-6-4-2/h15,17,21,23,26-27,66-68,70-73,75-76,78-80H,3-14,16,18-20,22,24-25,28-65H2,1-2H3,(H,74,77)/b17-15-,23-21-,27-26-. The second kappa shape index (κ2) is 62.5. The van der Waals surface area contributed by atoms with Crippen molar-refractivity contribution in [3.63, 3.8) is 0 Å². The fourth-order valence-electron chi connectivity index (χ4n) is 11.8. The van der Waals surface area contributed by atoms with Crippen LogP contribution in [0.3, 0.4) is 0 Å². The van der Waals surface area contributed by atoms with Gasteiger partial charge in [0, 0.05) is 6.42 Å². The summed E-state index contributed by atoms with van der Waals surface area (Å²) < 4.78 is 11.4. The Morgan fingerprint density at radius 3 is 1.06 bits per heavy atom. The molecule has 0 spiro atoms. The van der Waals surface area contributed by atoms with Gasteiger partial charge in [-0.2, -0.15) is 0 Å². The first-order valence-corrected chi connectivity index (χ1v) is 36.2. The number of hydrogen-bond acceptors (Lipinski definition) is 8. The van der Waals surface area contributed by atoms with E-state index in [0.29, 0.717) is 12.8 Å². The molecule has 1 amide bonds. The van der Waals surface area contributed by atoms with Crippen LogP contribution in [0, 0.1) is 0 Å². The molecule has 0 radical (unpaired) electrons. The van der Waals surface area contributed by atoms with E-state index in [-0.39, 0.29) is 12.5 Å². The Kier molecular flexibility index (Phi) is 59.7. The predicted octanol–water partition coefficient (Wildman–Crippen LogP) is 19.8. The molecule has 0 bridgehead atoms. The molecule has 0 aromatic rings. The summed E-state index contributed by atoms with van der Waals surface area (Å²) in [5, 5.41) is 54.9. The average Bonchev–Trinajstić information content (AvgIpc) is 3.52. The highest BCUT2D eigenvalue weighted by Crippen LogP contribution is 2.24. The minimum absolute atomic E-state index is 0.133. The molecule has 7 unspecified atom stereocenters. The highest BCUT2D eigenvalue weighted by Gasteiger charge is 2.44. The van der Waals surface area contributed by atoms with E-state index in [1.54, 1.807) is 0 Å². The minimum atomic E-state index is -1.55. The Hall–Kier alpha value is -1.59. The molecule has 6 N–H and O–H groups in total. The van der Waals surface area contributed by atoms with Gasteiger partial charge in [0.25, 0.3) is 0 Å². The van der Waals surface area contributed by atoms with Gasteiger partial charge >= 0.3 is 0 Å². The summed E-state index contributed by atoms with van der Waals surface area (Å²) >= 11 is 0. The van der Waals surface area contributed by atoms with E-state index >= 15 is 0 Å². The van der Waals surface area contributed by atoms with E-state index in [1.807, 2.05) is 0 Å². The molecule has 1 saturated heterocycles. The number of aliphatic hydroxyl groups excluding tert-OH is 5. The molecule has 0 aliphatic carbocycles. The average molecular weight is 1160 g/mol. The maximum Gasteiger partial charge on any atom is 0.220 e. The van der Waals surface area contributed by atoms with E-state index in [2.05, 4.69) is 55.6 Å². The van der Waals surface area contributed by atoms with E-state index < -0.39 is 49.5 Å². The fourth-order valence-corrected chi connectivity index (χ4v) is 11.8. The number of carbonyl (C=O) groups is 1. The van der Waals surface area contributed by atoms with Gasteiger partial charge in [0.2, 0.25) is 5.91 Å². The van der Waals surface area contributed by atoms with Gasteiger partial charge in [0.1, 0.15) is 24.4 Å². The van der Waals surface area contributed by atoms with Crippen LogP contribution in [-0.4, -0.2) is 87.5 Å². The van der Waals surface area contributed by atoms with Crippen molar-refractivity contribution < 1.29 is 39.8 Å². The number of rotatable bonds is 64. The molecule has 0 saturated carbocycles. The molecule has 1 aliphatic rings. The number of amides is 1. The zero-order valence-electron chi connectivity index (χ0n) is 54.3. The predicted molar refractivity (Wildman–Crippen MR) is 350 cm³/mol. The zero-order chi connectivity index (χ0) is 59.3. The van der Waals surface area contributed by atoms with Gasteiger partial charge in [0.05, 0.1) is 25.4 Å². The van der Waals surface area contributed by atoms with Gasteiger partial charge in [-0.05, 0) is 51.4 Å². The highest BCUT2D eigenvalue weighted by atomic mass is 16.7. The van der Waals surface area contributed by atoms with Crippen molar-refractivity contribution in [3.05, 3.63) is 36.5 Å². The third kappa shape index (κ3) is 50.6. The fraction of sp³-hybridized carbons (Fsp3) is 0.904. The Morgan fingerprint density at radius 2 is 0.720 bits per heavy atom. The molecule has 0 aromatic heterocycles. The van der Waals surface area contributed by atoms with Crippen LogP contribution in [-0.2, 0) is 14.3 Å². The van der Waals surface area contributed by atoms with Gasteiger partial charge < -0.3 is 40.3 Å². The van der Waals surface area contributed by atoms with Gasteiger partial charge in [-0.3, -0.25) is 4.79 Å². The van der Waals surface area contributed by atoms with Gasteiger partial charge in [0.15, 0.2) is 6.29 Å². The maximum atomic E-state index is 13.1. The lowest BCUT2D eigenvalue weighted by atomic mass is 9.99. The van der Waals surface area contributed by atoms with Crippen LogP contribution in [0.25, 0.3) is 0 Å². The molecule has 0 aromatic carbocycles. The largest absolute Gasteiger partial charge is 0.394 e. The summed E-state index contributed by atoms with van der Waals surface area (Å²) in [4.78, 5) is 13.1. The molecule has 1 aliphatic heterocycles. The second-order valence-corrected chi connectivity index (χ2v) is 25.4. The normalized spacial score (nSPS) is 18.5. The smallest absolute Gasteiger partial charge is 0.220 e. The van der Waals surface area contributed by atoms with Crippen LogP contribution in [0.4, 0.5) is 0 Å². The van der Waals surface area contributed by atoms with Crippen LogP contribution in [0.5, 0.6) is 0 Å². The van der Waals surface area contributed by atoms with E-state index in [9.17, 15) is 30.3 Å². The van der Waals surface area contributed by atoms with Crippen molar-refractivity contribution in [1.82, 2.24) is 5.32 Å². The van der Waals surface area contributed by atoms with Crippen molar-refractivity contribution >= 4 is 5.91 Å². The van der Waals surface area contributed by atoms with E-state index in [1.165, 1.54) is 289 Å². The molecule has 1 fully saturated rings. The number of aliphatic hydroxyl groups is 5. The summed E-state index contributed by atoms with van der Waals surface area (Å²) in [5.41, 5.74) is 0.